The number of thioether (sulfide) groups is 1. The zero-order valence-electron chi connectivity index (χ0n) is 17.8. The van der Waals surface area contributed by atoms with Gasteiger partial charge in [-0.1, -0.05) is 56.8 Å². The molecule has 2 aromatic carbocycles. The Morgan fingerprint density at radius 3 is 2.30 bits per heavy atom. The van der Waals surface area contributed by atoms with Crippen LogP contribution in [0.15, 0.2) is 53.7 Å². The smallest absolute Gasteiger partial charge is 0.237 e. The van der Waals surface area contributed by atoms with Crippen molar-refractivity contribution in [2.24, 2.45) is 7.05 Å². The van der Waals surface area contributed by atoms with Gasteiger partial charge in [-0.25, -0.2) is 0 Å². The fourth-order valence-electron chi connectivity index (χ4n) is 2.87. The van der Waals surface area contributed by atoms with Crippen LogP contribution < -0.4 is 5.32 Å². The van der Waals surface area contributed by atoms with E-state index in [-0.39, 0.29) is 16.6 Å². The van der Waals surface area contributed by atoms with E-state index in [0.717, 1.165) is 11.4 Å². The molecule has 0 aliphatic heterocycles. The Balaban J connectivity index is 1.69. The fraction of sp³-hybridized carbons (Fsp3) is 0.304. The lowest BCUT2D eigenvalue weighted by molar-refractivity contribution is -0.115. The number of amides is 1. The largest absolute Gasteiger partial charge is 0.325 e. The van der Waals surface area contributed by atoms with Crippen molar-refractivity contribution in [2.45, 2.75) is 43.5 Å². The van der Waals surface area contributed by atoms with Gasteiger partial charge in [0.15, 0.2) is 11.0 Å². The number of nitriles is 1. The Bertz CT molecular complexity index is 1070. The Labute approximate surface area is 181 Å². The lowest BCUT2D eigenvalue weighted by Crippen LogP contribution is -2.22. The molecule has 0 aliphatic carbocycles. The van der Waals surface area contributed by atoms with Crippen molar-refractivity contribution in [3.05, 3.63) is 59.7 Å². The van der Waals surface area contributed by atoms with E-state index in [4.69, 9.17) is 5.26 Å². The third-order valence-electron chi connectivity index (χ3n) is 4.78. The second kappa shape index (κ2) is 8.72. The zero-order chi connectivity index (χ0) is 21.9. The molecule has 0 unspecified atom stereocenters. The number of benzene rings is 2. The number of anilines is 1. The Kier molecular flexibility index (Phi) is 6.28. The number of aromatic nitrogens is 3. The SMILES string of the molecule is C[C@H](Sc1nnc(-c2ccc(C(C)(C)C)cc2)n1C)C(=O)Nc1ccc(C#N)cc1. The second-order valence-corrected chi connectivity index (χ2v) is 9.44. The van der Waals surface area contributed by atoms with Crippen LogP contribution in [0.2, 0.25) is 0 Å². The van der Waals surface area contributed by atoms with Crippen LogP contribution in [0.4, 0.5) is 5.69 Å². The number of carbonyl (C=O) groups excluding carboxylic acids is 1. The predicted molar refractivity (Wildman–Crippen MR) is 120 cm³/mol. The van der Waals surface area contributed by atoms with Crippen LogP contribution in [-0.2, 0) is 17.3 Å². The maximum Gasteiger partial charge on any atom is 0.237 e. The summed E-state index contributed by atoms with van der Waals surface area (Å²) in [7, 11) is 1.90. The third kappa shape index (κ3) is 4.89. The predicted octanol–water partition coefficient (Wildman–Crippen LogP) is 4.77. The number of nitrogens with one attached hydrogen (secondary N) is 1. The number of rotatable bonds is 5. The molecule has 0 radical (unpaired) electrons. The molecular formula is C23H25N5OS. The average molecular weight is 420 g/mol. The molecule has 0 fully saturated rings. The lowest BCUT2D eigenvalue weighted by atomic mass is 9.87. The number of nitrogens with zero attached hydrogens (tertiary/aromatic N) is 4. The van der Waals surface area contributed by atoms with Crippen LogP contribution in [0.5, 0.6) is 0 Å². The summed E-state index contributed by atoms with van der Waals surface area (Å²) < 4.78 is 1.91. The molecule has 0 spiro atoms. The molecule has 30 heavy (non-hydrogen) atoms. The van der Waals surface area contributed by atoms with Gasteiger partial charge in [0.25, 0.3) is 0 Å². The van der Waals surface area contributed by atoms with Crippen molar-refractivity contribution in [1.82, 2.24) is 14.8 Å². The number of hydrogen-bond acceptors (Lipinski definition) is 5. The molecule has 154 valence electrons. The molecule has 0 saturated carbocycles. The van der Waals surface area contributed by atoms with Crippen molar-refractivity contribution in [2.75, 3.05) is 5.32 Å². The van der Waals surface area contributed by atoms with Crippen LogP contribution in [-0.4, -0.2) is 25.9 Å². The van der Waals surface area contributed by atoms with E-state index in [1.165, 1.54) is 17.3 Å². The van der Waals surface area contributed by atoms with Crippen LogP contribution in [0.3, 0.4) is 0 Å². The lowest BCUT2D eigenvalue weighted by Gasteiger charge is -2.19. The summed E-state index contributed by atoms with van der Waals surface area (Å²) in [6.07, 6.45) is 0. The van der Waals surface area contributed by atoms with Gasteiger partial charge in [0.1, 0.15) is 0 Å². The van der Waals surface area contributed by atoms with E-state index in [1.807, 2.05) is 18.5 Å². The standard InChI is InChI=1S/C23H25N5OS/c1-15(21(29)25-19-12-6-16(14-24)7-13-19)30-22-27-26-20(28(22)5)17-8-10-18(11-9-17)23(2,3)4/h6-13,15H,1-5H3,(H,25,29)/t15-/m0/s1. The summed E-state index contributed by atoms with van der Waals surface area (Å²) in [6.45, 7) is 8.38. The van der Waals surface area contributed by atoms with Gasteiger partial charge in [0.2, 0.25) is 5.91 Å². The highest BCUT2D eigenvalue weighted by molar-refractivity contribution is 8.00. The van der Waals surface area contributed by atoms with Gasteiger partial charge in [-0.05, 0) is 42.2 Å². The van der Waals surface area contributed by atoms with Gasteiger partial charge >= 0.3 is 0 Å². The maximum atomic E-state index is 12.5. The fourth-order valence-corrected chi connectivity index (χ4v) is 3.69. The minimum Gasteiger partial charge on any atom is -0.325 e. The Hall–Kier alpha value is -3.11. The van der Waals surface area contributed by atoms with Gasteiger partial charge < -0.3 is 9.88 Å². The van der Waals surface area contributed by atoms with Crippen LogP contribution >= 0.6 is 11.8 Å². The van der Waals surface area contributed by atoms with Crippen LogP contribution in [0.25, 0.3) is 11.4 Å². The molecule has 0 bridgehead atoms. The summed E-state index contributed by atoms with van der Waals surface area (Å²) >= 11 is 1.35. The molecule has 3 aromatic rings. The first-order valence-electron chi connectivity index (χ1n) is 9.67. The van der Waals surface area contributed by atoms with Crippen LogP contribution in [0.1, 0.15) is 38.8 Å². The first-order chi connectivity index (χ1) is 14.2. The quantitative estimate of drug-likeness (QED) is 0.602. The summed E-state index contributed by atoms with van der Waals surface area (Å²) in [4.78, 5) is 12.5. The zero-order valence-corrected chi connectivity index (χ0v) is 18.6. The molecule has 1 aromatic heterocycles. The minimum atomic E-state index is -0.361. The number of carbonyl (C=O) groups is 1. The third-order valence-corrected chi connectivity index (χ3v) is 5.91. The van der Waals surface area contributed by atoms with Gasteiger partial charge in [0.05, 0.1) is 16.9 Å². The first-order valence-corrected chi connectivity index (χ1v) is 10.5. The molecule has 1 N–H and O–H groups in total. The van der Waals surface area contributed by atoms with E-state index < -0.39 is 0 Å². The van der Waals surface area contributed by atoms with Gasteiger partial charge in [-0.15, -0.1) is 10.2 Å². The second-order valence-electron chi connectivity index (χ2n) is 8.13. The Morgan fingerprint density at radius 2 is 1.73 bits per heavy atom. The molecule has 0 aliphatic rings. The molecule has 1 atom stereocenters. The number of hydrogen-bond donors (Lipinski definition) is 1. The van der Waals surface area contributed by atoms with E-state index >= 15 is 0 Å². The van der Waals surface area contributed by atoms with E-state index in [9.17, 15) is 4.79 Å². The summed E-state index contributed by atoms with van der Waals surface area (Å²) in [5, 5.41) is 20.6. The summed E-state index contributed by atoms with van der Waals surface area (Å²) in [6, 6.07) is 17.2. The summed E-state index contributed by atoms with van der Waals surface area (Å²) in [5.41, 5.74) is 3.55. The van der Waals surface area contributed by atoms with Crippen molar-refractivity contribution < 1.29 is 4.79 Å². The monoisotopic (exact) mass is 419 g/mol. The minimum absolute atomic E-state index is 0.0944. The normalized spacial score (nSPS) is 12.3. The molecule has 1 amide bonds. The molecule has 1 heterocycles. The Morgan fingerprint density at radius 1 is 1.10 bits per heavy atom. The summed E-state index contributed by atoms with van der Waals surface area (Å²) in [5.74, 6) is 0.626. The van der Waals surface area contributed by atoms with Gasteiger partial charge in [-0.2, -0.15) is 5.26 Å². The highest BCUT2D eigenvalue weighted by Gasteiger charge is 2.20. The van der Waals surface area contributed by atoms with Crippen molar-refractivity contribution in [3.8, 4) is 17.5 Å². The molecule has 7 heteroatoms. The highest BCUT2D eigenvalue weighted by Crippen LogP contribution is 2.28. The topological polar surface area (TPSA) is 83.6 Å². The molecule has 3 rings (SSSR count). The molecule has 0 saturated heterocycles. The molecular weight excluding hydrogens is 394 g/mol. The highest BCUT2D eigenvalue weighted by atomic mass is 32.2. The van der Waals surface area contributed by atoms with Gasteiger partial charge in [0, 0.05) is 18.3 Å². The van der Waals surface area contributed by atoms with E-state index in [1.54, 1.807) is 24.3 Å². The first kappa shape index (κ1) is 21.6. The average Bonchev–Trinajstić information content (AvgIpc) is 3.08. The maximum absolute atomic E-state index is 12.5. The molecule has 6 nitrogen and oxygen atoms in total. The van der Waals surface area contributed by atoms with Crippen molar-refractivity contribution >= 4 is 23.4 Å². The van der Waals surface area contributed by atoms with Gasteiger partial charge in [-0.3, -0.25) is 4.79 Å². The van der Waals surface area contributed by atoms with Crippen LogP contribution in [0, 0.1) is 11.3 Å². The van der Waals surface area contributed by atoms with Crippen molar-refractivity contribution in [1.29, 1.82) is 5.26 Å². The van der Waals surface area contributed by atoms with E-state index in [0.29, 0.717) is 16.4 Å². The van der Waals surface area contributed by atoms with E-state index in [2.05, 4.69) is 66.6 Å². The van der Waals surface area contributed by atoms with Crippen molar-refractivity contribution in [3.63, 3.8) is 0 Å².